The molecule has 3 rings (SSSR count). The molecule has 7 nitrogen and oxygen atoms in total. The summed E-state index contributed by atoms with van der Waals surface area (Å²) in [7, 11) is 0. The highest BCUT2D eigenvalue weighted by molar-refractivity contribution is 5.61. The maximum absolute atomic E-state index is 8.93. The summed E-state index contributed by atoms with van der Waals surface area (Å²) in [4.78, 5) is 0. The third kappa shape index (κ3) is 3.62. The summed E-state index contributed by atoms with van der Waals surface area (Å²) >= 11 is 0. The Kier molecular flexibility index (Phi) is 4.82. The van der Waals surface area contributed by atoms with Crippen LogP contribution in [0.2, 0.25) is 0 Å². The van der Waals surface area contributed by atoms with Crippen LogP contribution in [-0.2, 0) is 5.41 Å². The molecule has 0 aliphatic carbocycles. The first-order chi connectivity index (χ1) is 12.3. The predicted octanol–water partition coefficient (Wildman–Crippen LogP) is 3.68. The molecule has 0 radical (unpaired) electrons. The molecule has 0 spiro atoms. The molecule has 0 atom stereocenters. The molecule has 0 saturated heterocycles. The normalized spacial score (nSPS) is 11.8. The van der Waals surface area contributed by atoms with E-state index in [4.69, 9.17) is 18.8 Å². The second-order valence-electron chi connectivity index (χ2n) is 7.25. The van der Waals surface area contributed by atoms with E-state index in [1.807, 2.05) is 52.8 Å². The zero-order valence-electron chi connectivity index (χ0n) is 15.7. The van der Waals surface area contributed by atoms with Crippen molar-refractivity contribution < 1.29 is 18.8 Å². The van der Waals surface area contributed by atoms with Gasteiger partial charge in [-0.15, -0.1) is 10.2 Å². The average molecular weight is 357 g/mol. The molecule has 0 bridgehead atoms. The molecule has 0 fully saturated rings. The minimum Gasteiger partial charge on any atom is -0.491 e. The fourth-order valence-electron chi connectivity index (χ4n) is 2.62. The molecule has 2 aromatic heterocycles. The summed E-state index contributed by atoms with van der Waals surface area (Å²) in [5.41, 5.74) is 3.04. The summed E-state index contributed by atoms with van der Waals surface area (Å²) in [6, 6.07) is 5.65. The minimum atomic E-state index is -0.146. The van der Waals surface area contributed by atoms with Gasteiger partial charge in [0, 0.05) is 17.0 Å². The van der Waals surface area contributed by atoms with Gasteiger partial charge in [0.25, 0.3) is 5.89 Å². The fraction of sp³-hybridized carbons (Fsp3) is 0.421. The van der Waals surface area contributed by atoms with Crippen LogP contribution in [-0.4, -0.2) is 33.7 Å². The number of aliphatic hydroxyl groups is 1. The van der Waals surface area contributed by atoms with Crippen LogP contribution in [0.15, 0.2) is 27.1 Å². The second kappa shape index (κ2) is 6.92. The van der Waals surface area contributed by atoms with Crippen molar-refractivity contribution in [2.45, 2.75) is 40.0 Å². The van der Waals surface area contributed by atoms with E-state index in [-0.39, 0.29) is 18.6 Å². The van der Waals surface area contributed by atoms with Crippen molar-refractivity contribution in [1.82, 2.24) is 15.4 Å². The van der Waals surface area contributed by atoms with E-state index in [1.54, 1.807) is 0 Å². The van der Waals surface area contributed by atoms with Crippen LogP contribution in [0, 0.1) is 13.8 Å². The van der Waals surface area contributed by atoms with Crippen LogP contribution in [0.1, 0.15) is 37.7 Å². The first kappa shape index (κ1) is 18.1. The highest BCUT2D eigenvalue weighted by Gasteiger charge is 2.22. The van der Waals surface area contributed by atoms with Crippen LogP contribution in [0.5, 0.6) is 5.75 Å². The summed E-state index contributed by atoms with van der Waals surface area (Å²) in [6.07, 6.45) is 0. The number of aromatic nitrogens is 3. The Balaban J connectivity index is 1.89. The summed E-state index contributed by atoms with van der Waals surface area (Å²) in [6.45, 7) is 10.2. The second-order valence-corrected chi connectivity index (χ2v) is 7.25. The van der Waals surface area contributed by atoms with Crippen molar-refractivity contribution in [2.75, 3.05) is 13.2 Å². The number of aliphatic hydroxyl groups excluding tert-OH is 1. The number of ether oxygens (including phenoxy) is 1. The molecule has 1 N–H and O–H groups in total. The molecular formula is C19H23N3O4. The van der Waals surface area contributed by atoms with E-state index < -0.39 is 0 Å². The number of nitrogens with zero attached hydrogens (tertiary/aromatic N) is 3. The van der Waals surface area contributed by atoms with Gasteiger partial charge in [-0.1, -0.05) is 25.9 Å². The van der Waals surface area contributed by atoms with E-state index in [0.717, 1.165) is 28.2 Å². The maximum atomic E-state index is 8.93. The summed E-state index contributed by atoms with van der Waals surface area (Å²) < 4.78 is 16.7. The Morgan fingerprint density at radius 1 is 1.04 bits per heavy atom. The third-order valence-corrected chi connectivity index (χ3v) is 3.94. The van der Waals surface area contributed by atoms with Crippen molar-refractivity contribution in [3.8, 4) is 28.8 Å². The molecule has 1 aromatic carbocycles. The van der Waals surface area contributed by atoms with Crippen molar-refractivity contribution in [3.05, 3.63) is 35.1 Å². The topological polar surface area (TPSA) is 94.4 Å². The smallest absolute Gasteiger partial charge is 0.270 e. The lowest BCUT2D eigenvalue weighted by Crippen LogP contribution is -2.09. The molecule has 0 unspecified atom stereocenters. The number of hydrogen-bond acceptors (Lipinski definition) is 7. The molecular weight excluding hydrogens is 334 g/mol. The Bertz CT molecular complexity index is 883. The van der Waals surface area contributed by atoms with Gasteiger partial charge in [-0.2, -0.15) is 0 Å². The van der Waals surface area contributed by atoms with Gasteiger partial charge in [-0.3, -0.25) is 0 Å². The average Bonchev–Trinajstić information content (AvgIpc) is 3.22. The SMILES string of the molecule is Cc1cc(-c2nnc(-c3cc(C(C)(C)C)on3)o2)cc(C)c1OCCO. The predicted molar refractivity (Wildman–Crippen MR) is 96.0 cm³/mol. The zero-order chi connectivity index (χ0) is 18.9. The number of hydrogen-bond donors (Lipinski definition) is 1. The standard InChI is InChI=1S/C19H23N3O4/c1-11-8-13(9-12(2)16(11)24-7-6-23)17-20-21-18(25-17)14-10-15(26-22-14)19(3,4)5/h8-10,23H,6-7H2,1-5H3. The van der Waals surface area contributed by atoms with Crippen molar-refractivity contribution in [2.24, 2.45) is 0 Å². The molecule has 3 aromatic rings. The molecule has 0 saturated carbocycles. The van der Waals surface area contributed by atoms with Gasteiger partial charge in [-0.05, 0) is 37.1 Å². The van der Waals surface area contributed by atoms with Crippen LogP contribution >= 0.6 is 0 Å². The van der Waals surface area contributed by atoms with Crippen LogP contribution in [0.3, 0.4) is 0 Å². The van der Waals surface area contributed by atoms with E-state index in [9.17, 15) is 0 Å². The zero-order valence-corrected chi connectivity index (χ0v) is 15.7. The van der Waals surface area contributed by atoms with Gasteiger partial charge >= 0.3 is 0 Å². The monoisotopic (exact) mass is 357 g/mol. The molecule has 26 heavy (non-hydrogen) atoms. The summed E-state index contributed by atoms with van der Waals surface area (Å²) in [5.74, 6) is 2.23. The lowest BCUT2D eigenvalue weighted by Gasteiger charge is -2.12. The van der Waals surface area contributed by atoms with Gasteiger partial charge in [0.05, 0.1) is 6.61 Å². The Morgan fingerprint density at radius 3 is 2.27 bits per heavy atom. The number of benzene rings is 1. The summed E-state index contributed by atoms with van der Waals surface area (Å²) in [5, 5.41) is 21.2. The molecule has 0 aliphatic heterocycles. The fourth-order valence-corrected chi connectivity index (χ4v) is 2.62. The van der Waals surface area contributed by atoms with E-state index in [1.165, 1.54) is 0 Å². The maximum Gasteiger partial charge on any atom is 0.270 e. The lowest BCUT2D eigenvalue weighted by atomic mass is 9.93. The minimum absolute atomic E-state index is 0.0259. The molecule has 0 amide bonds. The van der Waals surface area contributed by atoms with Gasteiger partial charge in [0.2, 0.25) is 5.89 Å². The largest absolute Gasteiger partial charge is 0.491 e. The Morgan fingerprint density at radius 2 is 1.69 bits per heavy atom. The highest BCUT2D eigenvalue weighted by atomic mass is 16.5. The van der Waals surface area contributed by atoms with Crippen LogP contribution in [0.25, 0.3) is 23.0 Å². The van der Waals surface area contributed by atoms with Gasteiger partial charge in [0.1, 0.15) is 18.1 Å². The number of aryl methyl sites for hydroxylation is 2. The Hall–Kier alpha value is -2.67. The third-order valence-electron chi connectivity index (χ3n) is 3.94. The van der Waals surface area contributed by atoms with Gasteiger partial charge in [-0.25, -0.2) is 0 Å². The van der Waals surface area contributed by atoms with E-state index in [0.29, 0.717) is 17.5 Å². The van der Waals surface area contributed by atoms with Gasteiger partial charge < -0.3 is 18.8 Å². The molecule has 0 aliphatic rings. The quantitative estimate of drug-likeness (QED) is 0.744. The van der Waals surface area contributed by atoms with Crippen molar-refractivity contribution >= 4 is 0 Å². The molecule has 138 valence electrons. The number of rotatable bonds is 5. The first-order valence-corrected chi connectivity index (χ1v) is 8.46. The highest BCUT2D eigenvalue weighted by Crippen LogP contribution is 2.32. The first-order valence-electron chi connectivity index (χ1n) is 8.46. The van der Waals surface area contributed by atoms with Gasteiger partial charge in [0.15, 0.2) is 5.69 Å². The molecule has 7 heteroatoms. The lowest BCUT2D eigenvalue weighted by molar-refractivity contribution is 0.200. The van der Waals surface area contributed by atoms with E-state index in [2.05, 4.69) is 15.4 Å². The van der Waals surface area contributed by atoms with Crippen LogP contribution in [0.4, 0.5) is 0 Å². The molecule has 2 heterocycles. The van der Waals surface area contributed by atoms with Crippen LogP contribution < -0.4 is 4.74 Å². The van der Waals surface area contributed by atoms with Crippen molar-refractivity contribution in [3.63, 3.8) is 0 Å². The van der Waals surface area contributed by atoms with Crippen molar-refractivity contribution in [1.29, 1.82) is 0 Å². The van der Waals surface area contributed by atoms with E-state index >= 15 is 0 Å². The Labute approximate surface area is 152 Å².